The van der Waals surface area contributed by atoms with Gasteiger partial charge in [-0.1, -0.05) is 53.7 Å². The minimum atomic E-state index is -0.481. The smallest absolute Gasteiger partial charge is 0.279 e. The van der Waals surface area contributed by atoms with Crippen molar-refractivity contribution in [3.8, 4) is 0 Å². The van der Waals surface area contributed by atoms with Gasteiger partial charge in [0.1, 0.15) is 6.29 Å². The quantitative estimate of drug-likeness (QED) is 0.0966. The van der Waals surface area contributed by atoms with Crippen LogP contribution in [0.4, 0.5) is 4.79 Å². The molecule has 1 heterocycles. The van der Waals surface area contributed by atoms with Crippen molar-refractivity contribution in [1.82, 2.24) is 21.5 Å². The second-order valence-corrected chi connectivity index (χ2v) is 14.6. The van der Waals surface area contributed by atoms with Crippen LogP contribution >= 0.6 is 11.8 Å². The summed E-state index contributed by atoms with van der Waals surface area (Å²) in [7, 11) is 1.73. The molecule has 4 N–H and O–H groups in total. The van der Waals surface area contributed by atoms with Crippen molar-refractivity contribution in [2.45, 2.75) is 113 Å². The number of thioether (sulfide) groups is 1. The average Bonchev–Trinajstić information content (AvgIpc) is 3.77. The van der Waals surface area contributed by atoms with Gasteiger partial charge < -0.3 is 29.6 Å². The Bertz CT molecular complexity index is 1150. The van der Waals surface area contributed by atoms with Gasteiger partial charge in [0.25, 0.3) is 5.24 Å². The first-order valence-electron chi connectivity index (χ1n) is 16.2. The fraction of sp³-hybridized carbons (Fsp3) is 0.676. The maximum Gasteiger partial charge on any atom is 0.279 e. The number of hydrazine groups is 1. The van der Waals surface area contributed by atoms with Crippen LogP contribution in [0.1, 0.15) is 71.8 Å². The Hall–Kier alpha value is -2.28. The van der Waals surface area contributed by atoms with Crippen molar-refractivity contribution < 1.29 is 28.6 Å². The predicted molar refractivity (Wildman–Crippen MR) is 177 cm³/mol. The lowest BCUT2D eigenvalue weighted by Crippen LogP contribution is -2.57. The van der Waals surface area contributed by atoms with Crippen molar-refractivity contribution >= 4 is 29.2 Å². The molecule has 0 bridgehead atoms. The zero-order valence-corrected chi connectivity index (χ0v) is 28.3. The van der Waals surface area contributed by atoms with E-state index < -0.39 is 11.6 Å². The maximum atomic E-state index is 13.2. The van der Waals surface area contributed by atoms with Gasteiger partial charge in [0.2, 0.25) is 5.91 Å². The highest BCUT2D eigenvalue weighted by atomic mass is 32.2. The summed E-state index contributed by atoms with van der Waals surface area (Å²) >= 11 is 1.34. The lowest BCUT2D eigenvalue weighted by molar-refractivity contribution is -0.136. The van der Waals surface area contributed by atoms with Crippen molar-refractivity contribution in [3.63, 3.8) is 0 Å². The van der Waals surface area contributed by atoms with Crippen LogP contribution in [0.3, 0.4) is 0 Å². The number of benzene rings is 1. The maximum absolute atomic E-state index is 13.2. The number of methoxy groups -OCH3 is 1. The van der Waals surface area contributed by atoms with Gasteiger partial charge in [0, 0.05) is 30.4 Å². The zero-order valence-electron chi connectivity index (χ0n) is 27.4. The molecule has 5 atom stereocenters. The molecular formula is C34H52N4O6S. The van der Waals surface area contributed by atoms with Crippen LogP contribution in [0.5, 0.6) is 0 Å². The molecule has 3 aliphatic rings. The summed E-state index contributed by atoms with van der Waals surface area (Å²) in [5.41, 5.74) is 7.35. The molecule has 1 aromatic carbocycles. The zero-order chi connectivity index (χ0) is 32.5. The molecule has 10 nitrogen and oxygen atoms in total. The Morgan fingerprint density at radius 2 is 1.76 bits per heavy atom. The van der Waals surface area contributed by atoms with E-state index in [1.54, 1.807) is 7.11 Å². The molecule has 250 valence electrons. The molecule has 45 heavy (non-hydrogen) atoms. The van der Waals surface area contributed by atoms with E-state index >= 15 is 0 Å². The number of ether oxygens (including phenoxy) is 3. The number of epoxide rings is 1. The highest BCUT2D eigenvalue weighted by molar-refractivity contribution is 8.14. The van der Waals surface area contributed by atoms with Crippen molar-refractivity contribution in [2.24, 2.45) is 5.92 Å². The van der Waals surface area contributed by atoms with Crippen molar-refractivity contribution in [3.05, 3.63) is 47.5 Å². The Morgan fingerprint density at radius 3 is 2.36 bits per heavy atom. The molecular weight excluding hydrogens is 592 g/mol. The molecule has 3 unspecified atom stereocenters. The number of allylic oxidation sites excluding steroid dienone is 1. The minimum absolute atomic E-state index is 0.00407. The monoisotopic (exact) mass is 644 g/mol. The molecule has 1 spiro atoms. The molecule has 4 rings (SSSR count). The summed E-state index contributed by atoms with van der Waals surface area (Å²) < 4.78 is 18.5. The molecule has 0 aromatic heterocycles. The second-order valence-electron chi connectivity index (χ2n) is 13.4. The molecule has 1 saturated heterocycles. The number of hydrogen-bond donors (Lipinski definition) is 4. The first-order valence-corrected chi connectivity index (χ1v) is 17.1. The Kier molecular flexibility index (Phi) is 13.1. The first kappa shape index (κ1) is 35.6. The number of hydrogen-bond acceptors (Lipinski definition) is 9. The van der Waals surface area contributed by atoms with E-state index in [0.29, 0.717) is 19.6 Å². The average molecular weight is 645 g/mol. The number of carbonyl (C=O) groups is 3. The third-order valence-electron chi connectivity index (χ3n) is 9.27. The fourth-order valence-corrected chi connectivity index (χ4v) is 8.00. The van der Waals surface area contributed by atoms with Crippen LogP contribution < -0.4 is 21.5 Å². The van der Waals surface area contributed by atoms with E-state index in [0.717, 1.165) is 50.4 Å². The summed E-state index contributed by atoms with van der Waals surface area (Å²) in [6.07, 6.45) is 8.21. The van der Waals surface area contributed by atoms with Gasteiger partial charge in [-0.15, -0.1) is 0 Å². The highest BCUT2D eigenvalue weighted by Gasteiger charge is 2.63. The SMILES string of the molecule is COC1C(SC(=O)N[C@H]2CC[C@H](NC(=O)CNN[C@H](C=O)Cc3ccccc3)CC2)CC[C@]2(CO2)C1C(C)(C)OCC=C(C)C. The summed E-state index contributed by atoms with van der Waals surface area (Å²) in [6.45, 7) is 9.64. The summed E-state index contributed by atoms with van der Waals surface area (Å²) in [5.74, 6) is -0.117. The number of carbonyl (C=O) groups excluding carboxylic acids is 3. The molecule has 3 fully saturated rings. The third-order valence-corrected chi connectivity index (χ3v) is 10.4. The topological polar surface area (TPSA) is 130 Å². The third kappa shape index (κ3) is 10.4. The molecule has 2 aliphatic carbocycles. The molecule has 2 saturated carbocycles. The summed E-state index contributed by atoms with van der Waals surface area (Å²) in [6, 6.07) is 9.45. The number of rotatable bonds is 15. The van der Waals surface area contributed by atoms with Gasteiger partial charge in [-0.25, -0.2) is 10.9 Å². The first-order chi connectivity index (χ1) is 21.5. The van der Waals surface area contributed by atoms with Crippen LogP contribution in [0.15, 0.2) is 42.0 Å². The van der Waals surface area contributed by atoms with Crippen molar-refractivity contribution in [1.29, 1.82) is 0 Å². The molecule has 0 radical (unpaired) electrons. The number of amides is 2. The van der Waals surface area contributed by atoms with Gasteiger partial charge in [0.05, 0.1) is 43.1 Å². The van der Waals surface area contributed by atoms with Gasteiger partial charge in [-0.3, -0.25) is 9.59 Å². The Balaban J connectivity index is 1.18. The number of nitrogens with one attached hydrogen (secondary N) is 4. The van der Waals surface area contributed by atoms with E-state index in [1.807, 2.05) is 30.3 Å². The lowest BCUT2D eigenvalue weighted by atomic mass is 9.69. The minimum Gasteiger partial charge on any atom is -0.380 e. The molecule has 1 aliphatic heterocycles. The van der Waals surface area contributed by atoms with E-state index in [2.05, 4.69) is 55.3 Å². The summed E-state index contributed by atoms with van der Waals surface area (Å²) in [5, 5.41) is 6.28. The lowest BCUT2D eigenvalue weighted by Gasteiger charge is -2.47. The van der Waals surface area contributed by atoms with E-state index in [4.69, 9.17) is 14.2 Å². The van der Waals surface area contributed by atoms with E-state index in [-0.39, 0.29) is 52.6 Å². The Morgan fingerprint density at radius 1 is 1.09 bits per heavy atom. The fourth-order valence-electron chi connectivity index (χ4n) is 6.86. The second kappa shape index (κ2) is 16.5. The van der Waals surface area contributed by atoms with E-state index in [9.17, 15) is 14.4 Å². The molecule has 2 amide bonds. The van der Waals surface area contributed by atoms with E-state index in [1.165, 1.54) is 17.3 Å². The normalized spacial score (nSPS) is 28.6. The van der Waals surface area contributed by atoms with Gasteiger partial charge in [-0.2, -0.15) is 0 Å². The van der Waals surface area contributed by atoms with Crippen molar-refractivity contribution in [2.75, 3.05) is 26.9 Å². The molecule has 1 aromatic rings. The molecule has 11 heteroatoms. The van der Waals surface area contributed by atoms with Crippen LogP contribution in [0, 0.1) is 5.92 Å². The van der Waals surface area contributed by atoms with Crippen LogP contribution in [-0.4, -0.2) is 85.0 Å². The number of aldehydes is 1. The van der Waals surface area contributed by atoms with Gasteiger partial charge in [0.15, 0.2) is 0 Å². The van der Waals surface area contributed by atoms with Gasteiger partial charge in [-0.05, 0) is 78.2 Å². The Labute approximate surface area is 272 Å². The standard InChI is InChI=1S/C34H52N4O6S/c1-23(2)16-18-43-33(3,4)31-30(42-5)28(15-17-34(31)22-44-34)45-32(41)37-26-13-11-25(12-14-26)36-29(40)20-35-38-27(21-39)19-24-9-7-6-8-10-24/h6-10,16,21,25-28,30-31,35,38H,11-15,17-20,22H2,1-5H3,(H,36,40)(H,37,41)/t25-,26-,27-,28?,30?,31?,34-/m0/s1. The van der Waals surface area contributed by atoms with Crippen LogP contribution in [0.2, 0.25) is 0 Å². The van der Waals surface area contributed by atoms with Crippen LogP contribution in [-0.2, 0) is 30.2 Å². The van der Waals surface area contributed by atoms with Crippen LogP contribution in [0.25, 0.3) is 0 Å². The largest absolute Gasteiger partial charge is 0.380 e. The summed E-state index contributed by atoms with van der Waals surface area (Å²) in [4.78, 5) is 37.2. The highest BCUT2D eigenvalue weighted by Crippen LogP contribution is 2.54. The van der Waals surface area contributed by atoms with Gasteiger partial charge >= 0.3 is 0 Å². The predicted octanol–water partition coefficient (Wildman–Crippen LogP) is 4.09.